The molecule has 0 amide bonds. The van der Waals surface area contributed by atoms with Gasteiger partial charge in [0.15, 0.2) is 0 Å². The largest absolute Gasteiger partial charge is 0.380 e. The van der Waals surface area contributed by atoms with E-state index >= 15 is 0 Å². The Labute approximate surface area is 185 Å². The summed E-state index contributed by atoms with van der Waals surface area (Å²) in [6, 6.07) is 24.4. The standard InChI is InChI=1S/C26H20FN5/c27-24-11-5-4-10-23(24)26-20(15-29-21-9-6-14-28-17-21)16-31-32(26)22-12-13-25(30-18-22)19-7-2-1-3-8-19/h1-14,16-18,29H,15H2. The Kier molecular flexibility index (Phi) is 5.41. The normalized spacial score (nSPS) is 10.8. The molecule has 6 heteroatoms. The van der Waals surface area contributed by atoms with Gasteiger partial charge in [0.25, 0.3) is 0 Å². The van der Waals surface area contributed by atoms with Gasteiger partial charge in [-0.05, 0) is 36.4 Å². The van der Waals surface area contributed by atoms with Crippen molar-refractivity contribution in [3.63, 3.8) is 0 Å². The summed E-state index contributed by atoms with van der Waals surface area (Å²) in [4.78, 5) is 8.73. The molecule has 0 spiro atoms. The van der Waals surface area contributed by atoms with Crippen LogP contribution in [0.1, 0.15) is 5.56 Å². The third-order valence-corrected chi connectivity index (χ3v) is 5.18. The van der Waals surface area contributed by atoms with Crippen LogP contribution in [0.5, 0.6) is 0 Å². The van der Waals surface area contributed by atoms with Crippen molar-refractivity contribution in [2.24, 2.45) is 0 Å². The molecule has 1 N–H and O–H groups in total. The lowest BCUT2D eigenvalue weighted by atomic mass is 10.1. The summed E-state index contributed by atoms with van der Waals surface area (Å²) in [7, 11) is 0. The van der Waals surface area contributed by atoms with E-state index in [2.05, 4.69) is 20.4 Å². The van der Waals surface area contributed by atoms with Crippen molar-refractivity contribution in [3.8, 4) is 28.2 Å². The first-order chi connectivity index (χ1) is 15.8. The Balaban J connectivity index is 1.53. The van der Waals surface area contributed by atoms with Crippen LogP contribution in [0, 0.1) is 5.82 Å². The van der Waals surface area contributed by atoms with E-state index in [4.69, 9.17) is 0 Å². The Bertz CT molecular complexity index is 1320. The molecule has 156 valence electrons. The van der Waals surface area contributed by atoms with Gasteiger partial charge in [0, 0.05) is 35.6 Å². The average molecular weight is 421 g/mol. The number of benzene rings is 2. The van der Waals surface area contributed by atoms with Crippen LogP contribution in [0.3, 0.4) is 0 Å². The molecule has 0 aliphatic rings. The van der Waals surface area contributed by atoms with Gasteiger partial charge in [-0.2, -0.15) is 5.10 Å². The lowest BCUT2D eigenvalue weighted by Gasteiger charge is -2.12. The lowest BCUT2D eigenvalue weighted by Crippen LogP contribution is -2.05. The Hall–Kier alpha value is -4.32. The Morgan fingerprint density at radius 1 is 0.812 bits per heavy atom. The van der Waals surface area contributed by atoms with Gasteiger partial charge in [-0.1, -0.05) is 42.5 Å². The zero-order valence-electron chi connectivity index (χ0n) is 17.2. The number of nitrogens with one attached hydrogen (secondary N) is 1. The minimum absolute atomic E-state index is 0.300. The maximum Gasteiger partial charge on any atom is 0.132 e. The number of nitrogens with zero attached hydrogens (tertiary/aromatic N) is 4. The molecule has 32 heavy (non-hydrogen) atoms. The smallest absolute Gasteiger partial charge is 0.132 e. The number of hydrogen-bond acceptors (Lipinski definition) is 4. The van der Waals surface area contributed by atoms with Crippen molar-refractivity contribution in [2.75, 3.05) is 5.32 Å². The molecule has 0 aliphatic carbocycles. The fourth-order valence-electron chi connectivity index (χ4n) is 3.60. The highest BCUT2D eigenvalue weighted by Gasteiger charge is 2.18. The number of pyridine rings is 2. The minimum atomic E-state index is -0.300. The Morgan fingerprint density at radius 3 is 2.41 bits per heavy atom. The molecule has 0 saturated carbocycles. The predicted molar refractivity (Wildman–Crippen MR) is 124 cm³/mol. The third-order valence-electron chi connectivity index (χ3n) is 5.18. The number of rotatable bonds is 6. The summed E-state index contributed by atoms with van der Waals surface area (Å²) in [5.41, 5.74) is 5.59. The number of aromatic nitrogens is 4. The van der Waals surface area contributed by atoms with E-state index in [-0.39, 0.29) is 5.82 Å². The third kappa shape index (κ3) is 3.98. The van der Waals surface area contributed by atoms with Crippen molar-refractivity contribution in [1.82, 2.24) is 19.7 Å². The first-order valence-electron chi connectivity index (χ1n) is 10.3. The lowest BCUT2D eigenvalue weighted by molar-refractivity contribution is 0.629. The van der Waals surface area contributed by atoms with Gasteiger partial charge in [0.2, 0.25) is 0 Å². The minimum Gasteiger partial charge on any atom is -0.380 e. The van der Waals surface area contributed by atoms with E-state index in [9.17, 15) is 4.39 Å². The first-order valence-corrected chi connectivity index (χ1v) is 10.3. The summed E-state index contributed by atoms with van der Waals surface area (Å²) >= 11 is 0. The van der Waals surface area contributed by atoms with E-state index in [1.807, 2.05) is 60.7 Å². The van der Waals surface area contributed by atoms with Crippen LogP contribution < -0.4 is 5.32 Å². The van der Waals surface area contributed by atoms with Gasteiger partial charge in [0.05, 0.1) is 35.2 Å². The number of anilines is 1. The van der Waals surface area contributed by atoms with Gasteiger partial charge in [-0.25, -0.2) is 9.07 Å². The van der Waals surface area contributed by atoms with Crippen LogP contribution in [0.4, 0.5) is 10.1 Å². The van der Waals surface area contributed by atoms with E-state index in [1.165, 1.54) is 6.07 Å². The fourth-order valence-corrected chi connectivity index (χ4v) is 3.60. The summed E-state index contributed by atoms with van der Waals surface area (Å²) in [6.45, 7) is 0.477. The van der Waals surface area contributed by atoms with E-state index in [0.29, 0.717) is 17.8 Å². The summed E-state index contributed by atoms with van der Waals surface area (Å²) < 4.78 is 16.5. The van der Waals surface area contributed by atoms with Crippen LogP contribution in [-0.2, 0) is 6.54 Å². The molecule has 3 aromatic heterocycles. The van der Waals surface area contributed by atoms with Gasteiger partial charge in [-0.3, -0.25) is 9.97 Å². The quantitative estimate of drug-likeness (QED) is 0.379. The van der Waals surface area contributed by atoms with Crippen molar-refractivity contribution < 1.29 is 4.39 Å². The van der Waals surface area contributed by atoms with E-state index in [1.54, 1.807) is 41.6 Å². The Morgan fingerprint density at radius 2 is 1.66 bits per heavy atom. The topological polar surface area (TPSA) is 55.6 Å². The summed E-state index contributed by atoms with van der Waals surface area (Å²) in [5, 5.41) is 7.91. The molecule has 0 aliphatic heterocycles. The summed E-state index contributed by atoms with van der Waals surface area (Å²) in [5.74, 6) is -0.300. The zero-order chi connectivity index (χ0) is 21.8. The average Bonchev–Trinajstić information content (AvgIpc) is 3.28. The first kappa shape index (κ1) is 19.6. The van der Waals surface area contributed by atoms with E-state index in [0.717, 1.165) is 28.2 Å². The van der Waals surface area contributed by atoms with Gasteiger partial charge in [0.1, 0.15) is 5.82 Å². The maximum absolute atomic E-state index is 14.8. The molecular weight excluding hydrogens is 401 g/mol. The monoisotopic (exact) mass is 421 g/mol. The van der Waals surface area contributed by atoms with Gasteiger partial charge in [-0.15, -0.1) is 0 Å². The fraction of sp³-hybridized carbons (Fsp3) is 0.0385. The molecule has 0 atom stereocenters. The molecule has 2 aromatic carbocycles. The van der Waals surface area contributed by atoms with Gasteiger partial charge < -0.3 is 5.32 Å². The molecule has 3 heterocycles. The number of hydrogen-bond donors (Lipinski definition) is 1. The second kappa shape index (κ2) is 8.81. The highest BCUT2D eigenvalue weighted by atomic mass is 19.1. The SMILES string of the molecule is Fc1ccccc1-c1c(CNc2cccnc2)cnn1-c1ccc(-c2ccccc2)nc1. The molecule has 5 aromatic rings. The van der Waals surface area contributed by atoms with Crippen molar-refractivity contribution >= 4 is 5.69 Å². The van der Waals surface area contributed by atoms with Crippen LogP contribution in [0.15, 0.2) is 104 Å². The molecule has 0 bridgehead atoms. The molecule has 0 saturated heterocycles. The van der Waals surface area contributed by atoms with Crippen molar-refractivity contribution in [3.05, 3.63) is 115 Å². The second-order valence-electron chi connectivity index (χ2n) is 7.27. The second-order valence-corrected chi connectivity index (χ2v) is 7.27. The van der Waals surface area contributed by atoms with Crippen LogP contribution in [-0.4, -0.2) is 19.7 Å². The molecule has 5 rings (SSSR count). The summed E-state index contributed by atoms with van der Waals surface area (Å²) in [6.07, 6.45) is 6.99. The van der Waals surface area contributed by atoms with E-state index < -0.39 is 0 Å². The molecule has 0 radical (unpaired) electrons. The van der Waals surface area contributed by atoms with Gasteiger partial charge >= 0.3 is 0 Å². The zero-order valence-corrected chi connectivity index (χ0v) is 17.2. The number of halogens is 1. The highest BCUT2D eigenvalue weighted by Crippen LogP contribution is 2.30. The highest BCUT2D eigenvalue weighted by molar-refractivity contribution is 5.67. The molecule has 5 nitrogen and oxygen atoms in total. The van der Waals surface area contributed by atoms with Crippen molar-refractivity contribution in [1.29, 1.82) is 0 Å². The van der Waals surface area contributed by atoms with Crippen molar-refractivity contribution in [2.45, 2.75) is 6.54 Å². The van der Waals surface area contributed by atoms with Crippen LogP contribution in [0.2, 0.25) is 0 Å². The van der Waals surface area contributed by atoms with Crippen LogP contribution in [0.25, 0.3) is 28.2 Å². The molecular formula is C26H20FN5. The predicted octanol–water partition coefficient (Wildman–Crippen LogP) is 5.75. The molecule has 0 fully saturated rings. The van der Waals surface area contributed by atoms with Crippen LogP contribution >= 0.6 is 0 Å². The molecule has 0 unspecified atom stereocenters. The maximum atomic E-state index is 14.8.